The third kappa shape index (κ3) is 11.2. The van der Waals surface area contributed by atoms with E-state index in [2.05, 4.69) is 70.2 Å². The van der Waals surface area contributed by atoms with Crippen LogP contribution in [0, 0.1) is 35.5 Å². The minimum Gasteiger partial charge on any atom is -0.336 e. The Morgan fingerprint density at radius 1 is 0.870 bits per heavy atom. The molecule has 0 heterocycles. The van der Waals surface area contributed by atoms with Crippen LogP contribution in [-0.4, -0.2) is 35.5 Å². The average Bonchev–Trinajstić information content (AvgIpc) is 3.47. The van der Waals surface area contributed by atoms with Gasteiger partial charge in [0.1, 0.15) is 5.78 Å². The number of carbonyl (C=O) groups excluding carboxylic acids is 4. The highest BCUT2D eigenvalue weighted by atomic mass is 16.2. The van der Waals surface area contributed by atoms with Crippen molar-refractivity contribution in [1.29, 1.82) is 0 Å². The van der Waals surface area contributed by atoms with Crippen molar-refractivity contribution < 1.29 is 19.2 Å². The summed E-state index contributed by atoms with van der Waals surface area (Å²) in [6.07, 6.45) is 8.92. The zero-order chi connectivity index (χ0) is 34.4. The molecule has 46 heavy (non-hydrogen) atoms. The van der Waals surface area contributed by atoms with Crippen LogP contribution in [0.1, 0.15) is 104 Å². The van der Waals surface area contributed by atoms with Gasteiger partial charge in [0, 0.05) is 31.2 Å². The molecule has 6 unspecified atom stereocenters. The summed E-state index contributed by atoms with van der Waals surface area (Å²) < 4.78 is 0. The highest BCUT2D eigenvalue weighted by Crippen LogP contribution is 2.38. The number of rotatable bonds is 22. The number of amides is 2. The first-order chi connectivity index (χ1) is 21.9. The Kier molecular flexibility index (Phi) is 16.4. The molecule has 6 atom stereocenters. The van der Waals surface area contributed by atoms with Gasteiger partial charge in [0.25, 0.3) is 0 Å². The maximum atomic E-state index is 14.5. The highest BCUT2D eigenvalue weighted by Gasteiger charge is 2.40. The number of hydrogen-bond donors (Lipinski definition) is 2. The lowest BCUT2D eigenvalue weighted by atomic mass is 9.68. The molecule has 0 bridgehead atoms. The minimum absolute atomic E-state index is 0.00315. The number of benzene rings is 1. The molecule has 2 rings (SSSR count). The quantitative estimate of drug-likeness (QED) is 0.0992. The first kappa shape index (κ1) is 38.9. The summed E-state index contributed by atoms with van der Waals surface area (Å²) in [4.78, 5) is 55.0. The van der Waals surface area contributed by atoms with Crippen LogP contribution in [0.2, 0.25) is 0 Å². The van der Waals surface area contributed by atoms with Crippen LogP contribution in [0.25, 0.3) is 0 Å². The van der Waals surface area contributed by atoms with E-state index in [1.807, 2.05) is 26.0 Å². The van der Waals surface area contributed by atoms with Crippen LogP contribution in [0.4, 0.5) is 4.79 Å². The number of nitrogens with one attached hydrogen (secondary N) is 2. The maximum absolute atomic E-state index is 14.5. The number of ketones is 3. The molecule has 2 amide bonds. The van der Waals surface area contributed by atoms with Crippen LogP contribution in [0.15, 0.2) is 61.7 Å². The molecule has 0 saturated carbocycles. The van der Waals surface area contributed by atoms with E-state index in [1.54, 1.807) is 12.2 Å². The number of carbonyl (C=O) groups is 4. The number of Topliss-reactive ketones (excluding diaryl/α,β-unsaturated/α-hetero) is 3. The van der Waals surface area contributed by atoms with Gasteiger partial charge in [-0.1, -0.05) is 84.0 Å². The summed E-state index contributed by atoms with van der Waals surface area (Å²) >= 11 is 0. The Morgan fingerprint density at radius 3 is 2.00 bits per heavy atom. The summed E-state index contributed by atoms with van der Waals surface area (Å²) in [6.45, 7) is 24.2. The number of urea groups is 1. The zero-order valence-electron chi connectivity index (χ0n) is 29.4. The topological polar surface area (TPSA) is 92.3 Å². The van der Waals surface area contributed by atoms with Crippen molar-refractivity contribution in [1.82, 2.24) is 10.6 Å². The Hall–Kier alpha value is -3.28. The van der Waals surface area contributed by atoms with Gasteiger partial charge in [-0.15, -0.1) is 13.2 Å². The molecule has 1 aliphatic carbocycles. The van der Waals surface area contributed by atoms with Crippen molar-refractivity contribution in [2.24, 2.45) is 35.5 Å². The van der Waals surface area contributed by atoms with Gasteiger partial charge in [0.05, 0.1) is 6.04 Å². The van der Waals surface area contributed by atoms with Crippen LogP contribution < -0.4 is 10.6 Å². The molecule has 0 spiro atoms. The summed E-state index contributed by atoms with van der Waals surface area (Å²) in [7, 11) is 0. The van der Waals surface area contributed by atoms with E-state index in [1.165, 1.54) is 11.1 Å². The van der Waals surface area contributed by atoms with Crippen molar-refractivity contribution in [2.45, 2.75) is 118 Å². The van der Waals surface area contributed by atoms with Gasteiger partial charge in [0.2, 0.25) is 0 Å². The molecule has 0 fully saturated rings. The molecule has 2 N–H and O–H groups in total. The summed E-state index contributed by atoms with van der Waals surface area (Å²) in [6, 6.07) is 7.09. The molecule has 1 aromatic carbocycles. The highest BCUT2D eigenvalue weighted by molar-refractivity contribution is 5.97. The van der Waals surface area contributed by atoms with Crippen LogP contribution in [0.5, 0.6) is 0 Å². The standard InChI is InChI=1S/C40H60N2O4/c1-10-14-18-30(29(9)35(43)21-15-11-2)24-36(44)34(38(26(5)6)27(7)12-3)25-37(45)39(42-40(46)41-28(8)13-4)33-22-31-19-16-17-20-32(31)23-33/h10-11,16-17,19-20,26-28,30,33-34,38-39H,1-2,9,12-15,18,21-25H2,3-8H3,(H2,41,42,46). The summed E-state index contributed by atoms with van der Waals surface area (Å²) in [5.41, 5.74) is 2.87. The van der Waals surface area contributed by atoms with Gasteiger partial charge in [-0.05, 0) is 91.7 Å². The second-order valence-electron chi connectivity index (χ2n) is 13.8. The molecule has 1 aromatic rings. The van der Waals surface area contributed by atoms with Crippen molar-refractivity contribution in [3.8, 4) is 0 Å². The molecule has 0 aliphatic heterocycles. The monoisotopic (exact) mass is 632 g/mol. The number of hydrogen-bond acceptors (Lipinski definition) is 4. The van der Waals surface area contributed by atoms with E-state index < -0.39 is 12.0 Å². The van der Waals surface area contributed by atoms with Gasteiger partial charge >= 0.3 is 6.03 Å². The SMILES string of the molecule is C=CCCC(=O)C(=C)C(CCC=C)CC(=O)C(CC(=O)C(NC(=O)NC(C)CC)C1Cc2ccccc2C1)C(C(C)C)C(C)CC. The molecule has 6 nitrogen and oxygen atoms in total. The van der Waals surface area contributed by atoms with Crippen molar-refractivity contribution in [3.63, 3.8) is 0 Å². The predicted octanol–water partition coefficient (Wildman–Crippen LogP) is 8.39. The van der Waals surface area contributed by atoms with Gasteiger partial charge in [0.15, 0.2) is 11.6 Å². The average molecular weight is 633 g/mol. The van der Waals surface area contributed by atoms with Crippen LogP contribution >= 0.6 is 0 Å². The number of fused-ring (bicyclic) bond motifs is 1. The zero-order valence-corrected chi connectivity index (χ0v) is 29.4. The molecular weight excluding hydrogens is 572 g/mol. The molecule has 1 aliphatic rings. The van der Waals surface area contributed by atoms with Gasteiger partial charge in [-0.3, -0.25) is 14.4 Å². The minimum atomic E-state index is -0.719. The van der Waals surface area contributed by atoms with Crippen molar-refractivity contribution in [2.75, 3.05) is 0 Å². The Balaban J connectivity index is 2.45. The first-order valence-corrected chi connectivity index (χ1v) is 17.5. The Morgan fingerprint density at radius 2 is 1.48 bits per heavy atom. The molecule has 6 heteroatoms. The second kappa shape index (κ2) is 19.4. The van der Waals surface area contributed by atoms with Gasteiger partial charge in [-0.25, -0.2) is 4.79 Å². The summed E-state index contributed by atoms with van der Waals surface area (Å²) in [5.74, 6) is -0.745. The largest absolute Gasteiger partial charge is 0.336 e. The van der Waals surface area contributed by atoms with E-state index in [4.69, 9.17) is 0 Å². The fourth-order valence-electron chi connectivity index (χ4n) is 7.13. The fourth-order valence-corrected chi connectivity index (χ4v) is 7.13. The van der Waals surface area contributed by atoms with Crippen LogP contribution in [-0.2, 0) is 27.2 Å². The van der Waals surface area contributed by atoms with E-state index >= 15 is 0 Å². The molecule has 0 aromatic heterocycles. The van der Waals surface area contributed by atoms with Crippen LogP contribution in [0.3, 0.4) is 0 Å². The van der Waals surface area contributed by atoms with E-state index in [0.29, 0.717) is 44.1 Å². The van der Waals surface area contributed by atoms with E-state index in [-0.39, 0.29) is 71.9 Å². The maximum Gasteiger partial charge on any atom is 0.315 e. The summed E-state index contributed by atoms with van der Waals surface area (Å²) in [5, 5.41) is 6.01. The third-order valence-electron chi connectivity index (χ3n) is 10.1. The van der Waals surface area contributed by atoms with E-state index in [9.17, 15) is 19.2 Å². The lowest BCUT2D eigenvalue weighted by Gasteiger charge is -2.35. The fraction of sp³-hybridized carbons (Fsp3) is 0.600. The molecular formula is C40H60N2O4. The normalized spacial score (nSPS) is 16.8. The smallest absolute Gasteiger partial charge is 0.315 e. The molecule has 0 radical (unpaired) electrons. The third-order valence-corrected chi connectivity index (χ3v) is 10.1. The Labute approximate surface area is 279 Å². The van der Waals surface area contributed by atoms with E-state index in [0.717, 1.165) is 12.8 Å². The first-order valence-electron chi connectivity index (χ1n) is 17.5. The van der Waals surface area contributed by atoms with Crippen molar-refractivity contribution >= 4 is 23.4 Å². The van der Waals surface area contributed by atoms with Gasteiger partial charge in [-0.2, -0.15) is 0 Å². The molecule has 254 valence electrons. The number of allylic oxidation sites excluding steroid dienone is 3. The predicted molar refractivity (Wildman–Crippen MR) is 190 cm³/mol. The molecule has 0 saturated heterocycles. The van der Waals surface area contributed by atoms with Gasteiger partial charge < -0.3 is 10.6 Å². The van der Waals surface area contributed by atoms with Crippen molar-refractivity contribution in [3.05, 3.63) is 72.9 Å². The Bertz CT molecular complexity index is 1190. The lowest BCUT2D eigenvalue weighted by Crippen LogP contribution is -2.52. The lowest BCUT2D eigenvalue weighted by molar-refractivity contribution is -0.133. The second-order valence-corrected chi connectivity index (χ2v) is 13.8.